The molecule has 8 nitrogen and oxygen atoms in total. The first-order chi connectivity index (χ1) is 19.0. The van der Waals surface area contributed by atoms with Gasteiger partial charge < -0.3 is 20.7 Å². The summed E-state index contributed by atoms with van der Waals surface area (Å²) in [7, 11) is 0. The number of aromatic nitrogens is 1. The van der Waals surface area contributed by atoms with E-state index in [-0.39, 0.29) is 35.3 Å². The first-order valence-electron chi connectivity index (χ1n) is 12.6. The molecule has 4 aromatic rings. The number of thioether (sulfide) groups is 2. The molecule has 39 heavy (non-hydrogen) atoms. The van der Waals surface area contributed by atoms with Crippen LogP contribution in [0.5, 0.6) is 0 Å². The van der Waals surface area contributed by atoms with E-state index in [2.05, 4.69) is 20.9 Å². The lowest BCUT2D eigenvalue weighted by atomic mass is 10.1. The predicted molar refractivity (Wildman–Crippen MR) is 161 cm³/mol. The summed E-state index contributed by atoms with van der Waals surface area (Å²) < 4.78 is 7.26. The number of carbonyl (C=O) groups is 3. The molecule has 11 heteroatoms. The quantitative estimate of drug-likeness (QED) is 0.211. The number of hydrogen-bond acceptors (Lipinski definition) is 8. The van der Waals surface area contributed by atoms with E-state index in [0.717, 1.165) is 50.5 Å². The summed E-state index contributed by atoms with van der Waals surface area (Å²) >= 11 is 4.14. The molecule has 5 rings (SSSR count). The summed E-state index contributed by atoms with van der Waals surface area (Å²) in [6.07, 6.45) is 2.16. The number of benzene rings is 3. The van der Waals surface area contributed by atoms with E-state index in [1.54, 1.807) is 6.07 Å². The van der Waals surface area contributed by atoms with Crippen LogP contribution < -0.4 is 16.0 Å². The molecule has 2 heterocycles. The molecule has 202 valence electrons. The van der Waals surface area contributed by atoms with Gasteiger partial charge in [0.1, 0.15) is 0 Å². The summed E-state index contributed by atoms with van der Waals surface area (Å²) in [6.45, 7) is 1.32. The van der Waals surface area contributed by atoms with Crippen LogP contribution in [0.1, 0.15) is 12.8 Å². The number of hydrogen-bond donors (Lipinski definition) is 3. The molecular weight excluding hydrogens is 553 g/mol. The maximum atomic E-state index is 12.4. The highest BCUT2D eigenvalue weighted by molar-refractivity contribution is 8.01. The molecule has 1 aliphatic rings. The molecule has 0 unspecified atom stereocenters. The van der Waals surface area contributed by atoms with Crippen molar-refractivity contribution in [3.63, 3.8) is 0 Å². The van der Waals surface area contributed by atoms with Gasteiger partial charge in [-0.15, -0.1) is 23.1 Å². The minimum absolute atomic E-state index is 0.0360. The van der Waals surface area contributed by atoms with Gasteiger partial charge in [0.15, 0.2) is 4.34 Å². The third-order valence-corrected chi connectivity index (χ3v) is 9.12. The third-order valence-electron chi connectivity index (χ3n) is 6.03. The van der Waals surface area contributed by atoms with Crippen LogP contribution in [0.3, 0.4) is 0 Å². The first-order valence-corrected chi connectivity index (χ1v) is 15.6. The third kappa shape index (κ3) is 7.95. The summed E-state index contributed by atoms with van der Waals surface area (Å²) in [5, 5.41) is 10.9. The highest BCUT2D eigenvalue weighted by Crippen LogP contribution is 2.31. The number of carbonyl (C=O) groups excluding carboxylic acids is 3. The van der Waals surface area contributed by atoms with Crippen LogP contribution in [0.2, 0.25) is 0 Å². The van der Waals surface area contributed by atoms with E-state index in [1.165, 1.54) is 34.9 Å². The lowest BCUT2D eigenvalue weighted by molar-refractivity contribution is -0.119. The smallest absolute Gasteiger partial charge is 0.234 e. The van der Waals surface area contributed by atoms with Gasteiger partial charge in [-0.05, 0) is 53.9 Å². The molecular formula is C28H28N4O4S3. The van der Waals surface area contributed by atoms with Crippen LogP contribution in [-0.2, 0) is 19.1 Å². The van der Waals surface area contributed by atoms with Crippen LogP contribution in [0.25, 0.3) is 21.0 Å². The molecule has 0 spiro atoms. The van der Waals surface area contributed by atoms with Crippen LogP contribution in [0.4, 0.5) is 11.4 Å². The van der Waals surface area contributed by atoms with Crippen molar-refractivity contribution < 1.29 is 19.1 Å². The Balaban J connectivity index is 1.04. The molecule has 1 saturated heterocycles. The van der Waals surface area contributed by atoms with Crippen molar-refractivity contribution >= 4 is 84.9 Å². The molecule has 1 aliphatic heterocycles. The molecule has 0 bridgehead atoms. The van der Waals surface area contributed by atoms with Gasteiger partial charge in [-0.25, -0.2) is 4.98 Å². The number of rotatable bonds is 11. The minimum atomic E-state index is -0.181. The number of nitrogens with zero attached hydrogens (tertiary/aromatic N) is 1. The van der Waals surface area contributed by atoms with Crippen molar-refractivity contribution in [3.05, 3.63) is 60.7 Å². The summed E-state index contributed by atoms with van der Waals surface area (Å²) in [5.41, 5.74) is 2.22. The SMILES string of the molecule is O=C(CSc1nc2ccc(NC(=O)CSCC(=O)Nc3ccc4ccccc4c3)cc2s1)NC[C@H]1CCCO1. The summed E-state index contributed by atoms with van der Waals surface area (Å²) in [4.78, 5) is 41.5. The number of anilines is 2. The Bertz CT molecular complexity index is 1490. The Morgan fingerprint density at radius 3 is 2.41 bits per heavy atom. The van der Waals surface area contributed by atoms with E-state index < -0.39 is 0 Å². The number of thiazole rings is 1. The van der Waals surface area contributed by atoms with Crippen LogP contribution in [-0.4, -0.2) is 59.2 Å². The van der Waals surface area contributed by atoms with Crippen molar-refractivity contribution in [1.29, 1.82) is 0 Å². The normalized spacial score (nSPS) is 14.9. The van der Waals surface area contributed by atoms with E-state index in [9.17, 15) is 14.4 Å². The molecule has 1 aromatic heterocycles. The van der Waals surface area contributed by atoms with Gasteiger partial charge in [-0.3, -0.25) is 14.4 Å². The molecule has 3 amide bonds. The van der Waals surface area contributed by atoms with Gasteiger partial charge in [-0.1, -0.05) is 42.1 Å². The molecule has 0 saturated carbocycles. The molecule has 1 atom stereocenters. The Morgan fingerprint density at radius 2 is 1.64 bits per heavy atom. The highest BCUT2D eigenvalue weighted by atomic mass is 32.2. The average molecular weight is 581 g/mol. The van der Waals surface area contributed by atoms with Gasteiger partial charge in [-0.2, -0.15) is 0 Å². The van der Waals surface area contributed by atoms with Gasteiger partial charge in [0.2, 0.25) is 17.7 Å². The minimum Gasteiger partial charge on any atom is -0.376 e. The Kier molecular flexibility index (Phi) is 9.36. The molecule has 0 aliphatic carbocycles. The number of amides is 3. The zero-order chi connectivity index (χ0) is 27.0. The van der Waals surface area contributed by atoms with E-state index in [0.29, 0.717) is 18.0 Å². The molecule has 3 aromatic carbocycles. The Morgan fingerprint density at radius 1 is 0.897 bits per heavy atom. The largest absolute Gasteiger partial charge is 0.376 e. The van der Waals surface area contributed by atoms with Gasteiger partial charge in [0.25, 0.3) is 0 Å². The van der Waals surface area contributed by atoms with Crippen molar-refractivity contribution in [2.75, 3.05) is 41.0 Å². The zero-order valence-electron chi connectivity index (χ0n) is 21.1. The Labute approximate surface area is 238 Å². The molecule has 0 radical (unpaired) electrons. The predicted octanol–water partition coefficient (Wildman–Crippen LogP) is 5.15. The Hall–Kier alpha value is -3.12. The number of fused-ring (bicyclic) bond motifs is 2. The van der Waals surface area contributed by atoms with Crippen molar-refractivity contribution in [3.8, 4) is 0 Å². The standard InChI is InChI=1S/C28H28N4O4S3/c33-25(29-14-22-6-3-11-36-22)17-38-28-32-23-10-9-21(13-24(23)39-28)31-27(35)16-37-15-26(34)30-20-8-7-18-4-1-2-5-19(18)12-20/h1-2,4-5,7-10,12-13,22H,3,6,11,14-17H2,(H,29,33)(H,30,34)(H,31,35)/t22-/m1/s1. The number of nitrogens with one attached hydrogen (secondary N) is 3. The van der Waals surface area contributed by atoms with Crippen LogP contribution in [0.15, 0.2) is 65.0 Å². The maximum absolute atomic E-state index is 12.4. The van der Waals surface area contributed by atoms with E-state index >= 15 is 0 Å². The van der Waals surface area contributed by atoms with Crippen molar-refractivity contribution in [1.82, 2.24) is 10.3 Å². The molecule has 3 N–H and O–H groups in total. The first kappa shape index (κ1) is 27.4. The summed E-state index contributed by atoms with van der Waals surface area (Å²) in [6, 6.07) is 19.3. The zero-order valence-corrected chi connectivity index (χ0v) is 23.6. The molecule has 1 fully saturated rings. The van der Waals surface area contributed by atoms with E-state index in [4.69, 9.17) is 4.74 Å². The maximum Gasteiger partial charge on any atom is 0.234 e. The lowest BCUT2D eigenvalue weighted by Crippen LogP contribution is -2.32. The average Bonchev–Trinajstić information content (AvgIpc) is 3.60. The lowest BCUT2D eigenvalue weighted by Gasteiger charge is -2.09. The highest BCUT2D eigenvalue weighted by Gasteiger charge is 2.16. The van der Waals surface area contributed by atoms with Crippen LogP contribution >= 0.6 is 34.9 Å². The second kappa shape index (κ2) is 13.3. The fourth-order valence-electron chi connectivity index (χ4n) is 4.15. The van der Waals surface area contributed by atoms with E-state index in [1.807, 2.05) is 54.6 Å². The van der Waals surface area contributed by atoms with Gasteiger partial charge in [0.05, 0.1) is 33.6 Å². The van der Waals surface area contributed by atoms with Crippen molar-refractivity contribution in [2.24, 2.45) is 0 Å². The summed E-state index contributed by atoms with van der Waals surface area (Å²) in [5.74, 6) is 0.261. The number of ether oxygens (including phenoxy) is 1. The second-order valence-electron chi connectivity index (χ2n) is 9.04. The van der Waals surface area contributed by atoms with Gasteiger partial charge >= 0.3 is 0 Å². The van der Waals surface area contributed by atoms with Gasteiger partial charge in [0, 0.05) is 24.5 Å². The van der Waals surface area contributed by atoms with Crippen molar-refractivity contribution in [2.45, 2.75) is 23.3 Å². The second-order valence-corrected chi connectivity index (χ2v) is 12.3. The van der Waals surface area contributed by atoms with Crippen LogP contribution in [0, 0.1) is 0 Å². The topological polar surface area (TPSA) is 109 Å². The monoisotopic (exact) mass is 580 g/mol. The fraction of sp³-hybridized carbons (Fsp3) is 0.286. The fourth-order valence-corrected chi connectivity index (χ4v) is 6.71.